The van der Waals surface area contributed by atoms with Gasteiger partial charge in [0.25, 0.3) is 0 Å². The number of urea groups is 1. The molecule has 6 nitrogen and oxygen atoms in total. The van der Waals surface area contributed by atoms with Crippen molar-refractivity contribution < 1.29 is 18.4 Å². The van der Waals surface area contributed by atoms with E-state index in [2.05, 4.69) is 21.7 Å². The van der Waals surface area contributed by atoms with Gasteiger partial charge in [0.1, 0.15) is 11.6 Å². The van der Waals surface area contributed by atoms with Crippen molar-refractivity contribution in [3.63, 3.8) is 0 Å². The molecule has 3 amide bonds. The maximum Gasteiger partial charge on any atom is 0.322 e. The Kier molecular flexibility index (Phi) is 7.02. The summed E-state index contributed by atoms with van der Waals surface area (Å²) in [6, 6.07) is 13.9. The van der Waals surface area contributed by atoms with Crippen LogP contribution in [0.3, 0.4) is 0 Å². The van der Waals surface area contributed by atoms with Crippen LogP contribution in [0.5, 0.6) is 0 Å². The van der Waals surface area contributed by atoms with E-state index in [1.807, 2.05) is 13.0 Å². The molecule has 2 atom stereocenters. The Bertz CT molecular complexity index is 1270. The number of halogens is 2. The Hall–Kier alpha value is -3.30. The quantitative estimate of drug-likeness (QED) is 0.552. The van der Waals surface area contributed by atoms with Gasteiger partial charge in [-0.15, -0.1) is 11.3 Å². The van der Waals surface area contributed by atoms with Crippen molar-refractivity contribution in [3.8, 4) is 0 Å². The van der Waals surface area contributed by atoms with Gasteiger partial charge >= 0.3 is 6.03 Å². The number of amides is 3. The molecule has 3 heterocycles. The highest BCUT2D eigenvalue weighted by molar-refractivity contribution is 7.10. The summed E-state index contributed by atoms with van der Waals surface area (Å²) in [5.74, 6) is -0.800. The maximum atomic E-state index is 14.1. The Labute approximate surface area is 213 Å². The van der Waals surface area contributed by atoms with Crippen LogP contribution >= 0.6 is 11.3 Å². The number of nitrogens with zero attached hydrogens (tertiary/aromatic N) is 3. The lowest BCUT2D eigenvalue weighted by atomic mass is 9.93. The number of hydrogen-bond donors (Lipinski definition) is 1. The molecule has 0 radical (unpaired) electrons. The summed E-state index contributed by atoms with van der Waals surface area (Å²) in [7, 11) is 0. The molecule has 1 saturated heterocycles. The summed E-state index contributed by atoms with van der Waals surface area (Å²) in [6.45, 7) is 3.96. The van der Waals surface area contributed by atoms with E-state index in [9.17, 15) is 18.4 Å². The average Bonchev–Trinajstić information content (AvgIpc) is 3.34. The molecule has 0 bridgehead atoms. The zero-order valence-corrected chi connectivity index (χ0v) is 20.8. The van der Waals surface area contributed by atoms with Gasteiger partial charge in [-0.1, -0.05) is 24.3 Å². The fourth-order valence-corrected chi connectivity index (χ4v) is 6.02. The molecule has 2 aromatic carbocycles. The third kappa shape index (κ3) is 4.99. The van der Waals surface area contributed by atoms with E-state index in [0.29, 0.717) is 26.2 Å². The number of hydrogen-bond acceptors (Lipinski definition) is 4. The first kappa shape index (κ1) is 24.4. The van der Waals surface area contributed by atoms with Gasteiger partial charge in [0, 0.05) is 37.1 Å². The number of fused-ring (bicyclic) bond motifs is 1. The van der Waals surface area contributed by atoms with Crippen LogP contribution in [-0.4, -0.2) is 65.4 Å². The summed E-state index contributed by atoms with van der Waals surface area (Å²) in [5, 5.41) is 4.68. The molecule has 36 heavy (non-hydrogen) atoms. The van der Waals surface area contributed by atoms with E-state index >= 15 is 0 Å². The second-order valence-electron chi connectivity index (χ2n) is 9.27. The van der Waals surface area contributed by atoms with Crippen LogP contribution in [0.1, 0.15) is 29.0 Å². The first-order valence-electron chi connectivity index (χ1n) is 12.1. The Morgan fingerprint density at radius 1 is 1.06 bits per heavy atom. The van der Waals surface area contributed by atoms with Crippen molar-refractivity contribution in [3.05, 3.63) is 87.6 Å². The number of nitrogens with one attached hydrogen (secondary N) is 1. The third-order valence-electron chi connectivity index (χ3n) is 6.92. The van der Waals surface area contributed by atoms with Crippen LogP contribution in [0.4, 0.5) is 19.3 Å². The summed E-state index contributed by atoms with van der Waals surface area (Å²) >= 11 is 1.70. The fraction of sp³-hybridized carbons (Fsp3) is 0.333. The van der Waals surface area contributed by atoms with E-state index in [4.69, 9.17) is 0 Å². The topological polar surface area (TPSA) is 55.9 Å². The standard InChI is InChI=1S/C27H28F2N4O2S/c1-18-16-31(12-13-33(18)27(35)30-23-8-3-2-7-22(23)29)25(34)17-32-11-9-24-21(10-14-36-24)26(32)19-5-4-6-20(28)15-19/h2-8,10,14-15,18,26H,9,11-13,16-17H2,1H3,(H,30,35). The van der Waals surface area contributed by atoms with Crippen molar-refractivity contribution in [2.24, 2.45) is 0 Å². The molecule has 2 aliphatic rings. The lowest BCUT2D eigenvalue weighted by Crippen LogP contribution is -2.58. The van der Waals surface area contributed by atoms with Crippen molar-refractivity contribution in [1.29, 1.82) is 0 Å². The maximum absolute atomic E-state index is 14.1. The van der Waals surface area contributed by atoms with Crippen LogP contribution in [0, 0.1) is 11.6 Å². The summed E-state index contributed by atoms with van der Waals surface area (Å²) in [5.41, 5.74) is 2.10. The summed E-state index contributed by atoms with van der Waals surface area (Å²) < 4.78 is 28.0. The molecule has 5 rings (SSSR count). The second kappa shape index (κ2) is 10.4. The smallest absolute Gasteiger partial charge is 0.322 e. The van der Waals surface area contributed by atoms with Crippen molar-refractivity contribution in [2.75, 3.05) is 38.0 Å². The molecule has 0 saturated carbocycles. The van der Waals surface area contributed by atoms with Crippen LogP contribution < -0.4 is 5.32 Å². The zero-order chi connectivity index (χ0) is 25.2. The minimum Gasteiger partial charge on any atom is -0.338 e. The highest BCUT2D eigenvalue weighted by Crippen LogP contribution is 2.37. The Morgan fingerprint density at radius 3 is 2.67 bits per heavy atom. The Morgan fingerprint density at radius 2 is 1.89 bits per heavy atom. The minimum absolute atomic E-state index is 0.0175. The first-order valence-corrected chi connectivity index (χ1v) is 12.9. The SMILES string of the molecule is CC1CN(C(=O)CN2CCc3sccc3C2c2cccc(F)c2)CCN1C(=O)Nc1ccccc1F. The predicted molar refractivity (Wildman–Crippen MR) is 136 cm³/mol. The monoisotopic (exact) mass is 510 g/mol. The van der Waals surface area contributed by atoms with Gasteiger partial charge in [0.05, 0.1) is 18.3 Å². The van der Waals surface area contributed by atoms with Gasteiger partial charge in [-0.2, -0.15) is 0 Å². The third-order valence-corrected chi connectivity index (χ3v) is 7.92. The largest absolute Gasteiger partial charge is 0.338 e. The van der Waals surface area contributed by atoms with E-state index in [0.717, 1.165) is 17.5 Å². The van der Waals surface area contributed by atoms with Crippen LogP contribution in [-0.2, 0) is 11.2 Å². The van der Waals surface area contributed by atoms with Gasteiger partial charge in [-0.3, -0.25) is 9.69 Å². The van der Waals surface area contributed by atoms with Crippen LogP contribution in [0.15, 0.2) is 60.0 Å². The molecular weight excluding hydrogens is 482 g/mol. The van der Waals surface area contributed by atoms with Gasteiger partial charge in [-0.25, -0.2) is 13.6 Å². The minimum atomic E-state index is -0.490. The van der Waals surface area contributed by atoms with Crippen molar-refractivity contribution >= 4 is 29.0 Å². The highest BCUT2D eigenvalue weighted by atomic mass is 32.1. The molecular formula is C27H28F2N4O2S. The number of carbonyl (C=O) groups is 2. The molecule has 1 fully saturated rings. The molecule has 0 aliphatic carbocycles. The number of anilines is 1. The molecule has 3 aromatic rings. The van der Waals surface area contributed by atoms with Gasteiger partial charge < -0.3 is 15.1 Å². The van der Waals surface area contributed by atoms with Gasteiger partial charge in [0.15, 0.2) is 0 Å². The molecule has 0 spiro atoms. The number of piperazine rings is 1. The molecule has 2 aliphatic heterocycles. The van der Waals surface area contributed by atoms with E-state index in [-0.39, 0.29) is 42.1 Å². The van der Waals surface area contributed by atoms with Gasteiger partial charge in [0.2, 0.25) is 5.91 Å². The molecule has 188 valence electrons. The van der Waals surface area contributed by atoms with Crippen LogP contribution in [0.2, 0.25) is 0 Å². The second-order valence-corrected chi connectivity index (χ2v) is 10.3. The van der Waals surface area contributed by atoms with Crippen LogP contribution in [0.25, 0.3) is 0 Å². The number of para-hydroxylation sites is 1. The molecule has 2 unspecified atom stereocenters. The molecule has 9 heteroatoms. The molecule has 1 N–H and O–H groups in total. The fourth-order valence-electron chi connectivity index (χ4n) is 5.11. The van der Waals surface area contributed by atoms with Crippen molar-refractivity contribution in [1.82, 2.24) is 14.7 Å². The van der Waals surface area contributed by atoms with Crippen molar-refractivity contribution in [2.45, 2.75) is 25.4 Å². The van der Waals surface area contributed by atoms with E-state index < -0.39 is 5.82 Å². The zero-order valence-electron chi connectivity index (χ0n) is 20.0. The van der Waals surface area contributed by atoms with E-state index in [1.165, 1.54) is 23.1 Å². The summed E-state index contributed by atoms with van der Waals surface area (Å²) in [6.07, 6.45) is 0.854. The highest BCUT2D eigenvalue weighted by Gasteiger charge is 2.34. The van der Waals surface area contributed by atoms with E-state index in [1.54, 1.807) is 45.4 Å². The number of thiophene rings is 1. The first-order chi connectivity index (χ1) is 17.4. The number of rotatable bonds is 4. The number of carbonyl (C=O) groups excluding carboxylic acids is 2. The normalized spacial score (nSPS) is 20.2. The number of benzene rings is 2. The van der Waals surface area contributed by atoms with Gasteiger partial charge in [-0.05, 0) is 60.2 Å². The lowest BCUT2D eigenvalue weighted by molar-refractivity contribution is -0.135. The Balaban J connectivity index is 1.25. The summed E-state index contributed by atoms with van der Waals surface area (Å²) in [4.78, 5) is 32.9. The lowest BCUT2D eigenvalue weighted by Gasteiger charge is -2.41. The average molecular weight is 511 g/mol. The predicted octanol–water partition coefficient (Wildman–Crippen LogP) is 4.74. The molecule has 1 aromatic heterocycles.